The van der Waals surface area contributed by atoms with Gasteiger partial charge in [0.05, 0.1) is 0 Å². The van der Waals surface area contributed by atoms with Crippen LogP contribution in [0.5, 0.6) is 0 Å². The summed E-state index contributed by atoms with van der Waals surface area (Å²) in [6.07, 6.45) is 21.2. The predicted octanol–water partition coefficient (Wildman–Crippen LogP) is 11.7. The van der Waals surface area contributed by atoms with Gasteiger partial charge in [-0.2, -0.15) is 0 Å². The van der Waals surface area contributed by atoms with E-state index < -0.39 is 0 Å². The third-order valence-corrected chi connectivity index (χ3v) is 18.6. The lowest BCUT2D eigenvalue weighted by Crippen LogP contribution is -2.63. The minimum absolute atomic E-state index is 0.130. The van der Waals surface area contributed by atoms with Gasteiger partial charge in [-0.25, -0.2) is 0 Å². The third kappa shape index (κ3) is 5.53. The summed E-state index contributed by atoms with van der Waals surface area (Å²) >= 11 is 0. The molecule has 1 N–H and O–H groups in total. The summed E-state index contributed by atoms with van der Waals surface area (Å²) in [4.78, 5) is 0. The summed E-state index contributed by atoms with van der Waals surface area (Å²) in [7, 11) is 2.02. The van der Waals surface area contributed by atoms with Gasteiger partial charge >= 0.3 is 0 Å². The highest BCUT2D eigenvalue weighted by atomic mass is 14.8. The topological polar surface area (TPSA) is 12.0 Å². The maximum Gasteiger partial charge on any atom is 0.243 e. The lowest BCUT2D eigenvalue weighted by molar-refractivity contribution is 0.286. The lowest BCUT2D eigenvalue weighted by atomic mass is 9.28. The van der Waals surface area contributed by atoms with Crippen LogP contribution in [0, 0.1) is 5.41 Å². The standard InChI is InChI=1S/C52H40B2.C11H23N/c1-7-25-51(26-8-1)37-15-3-5-19-41(37)53-43-23-21-32-30-36-34-14-12-18-40-50(34)54(42-20-6-4-16-38(42)52(40)27-9-2-10-28-52)44-24-22-31-29-35(33-13-11-17-39(51)49(33)53)47(43)45(32)46(31)48(36)44;1-5-7-8-11(3,6-2)9-10-12-4/h3-6,11-24,29-30H,1-2,7-10,25-28H2;5,7,12H,6,8-10H2,1-4H3/b;7-5-. The molecule has 0 saturated heterocycles. The molecule has 0 bridgehead atoms. The van der Waals surface area contributed by atoms with Crippen LogP contribution in [0.25, 0.3) is 54.6 Å². The van der Waals surface area contributed by atoms with Gasteiger partial charge in [0.15, 0.2) is 0 Å². The molecule has 2 fully saturated rings. The molecule has 2 aliphatic carbocycles. The van der Waals surface area contributed by atoms with Crippen molar-refractivity contribution in [2.45, 2.75) is 115 Å². The highest BCUT2D eigenvalue weighted by Gasteiger charge is 2.51. The Labute approximate surface area is 394 Å². The van der Waals surface area contributed by atoms with Crippen molar-refractivity contribution in [3.05, 3.63) is 156 Å². The minimum Gasteiger partial charge on any atom is -0.320 e. The molecule has 1 nitrogen and oxygen atoms in total. The molecule has 326 valence electrons. The second kappa shape index (κ2) is 15.3. The lowest BCUT2D eigenvalue weighted by Gasteiger charge is -2.48. The summed E-state index contributed by atoms with van der Waals surface area (Å²) < 4.78 is 0. The Morgan fingerprint density at radius 2 is 1.00 bits per heavy atom. The summed E-state index contributed by atoms with van der Waals surface area (Å²) in [6.45, 7) is 8.40. The molecule has 6 aliphatic rings. The number of nitrogens with one attached hydrogen (secondary N) is 1. The first kappa shape index (κ1) is 40.9. The molecule has 14 rings (SSSR count). The van der Waals surface area contributed by atoms with E-state index in [1.165, 1.54) is 149 Å². The van der Waals surface area contributed by atoms with Crippen LogP contribution in [0.2, 0.25) is 0 Å². The Balaban J connectivity index is 0.000000322. The minimum atomic E-state index is 0.130. The molecule has 8 aromatic carbocycles. The molecule has 8 aromatic rings. The van der Waals surface area contributed by atoms with Crippen molar-refractivity contribution >= 4 is 78.5 Å². The Morgan fingerprint density at radius 3 is 1.45 bits per heavy atom. The van der Waals surface area contributed by atoms with Crippen molar-refractivity contribution in [3.63, 3.8) is 0 Å². The number of rotatable bonds is 6. The molecule has 0 aromatic heterocycles. The van der Waals surface area contributed by atoms with Crippen LogP contribution in [0.15, 0.2) is 133 Å². The zero-order valence-electron chi connectivity index (χ0n) is 39.8. The Hall–Kier alpha value is -5.37. The van der Waals surface area contributed by atoms with Crippen molar-refractivity contribution in [3.8, 4) is 22.3 Å². The van der Waals surface area contributed by atoms with E-state index in [2.05, 4.69) is 160 Å². The third-order valence-electron chi connectivity index (χ3n) is 18.6. The SMILES string of the molecule is C/C=C\CC(C)(CC)CCNC.c1ccc2c(c1)B1c3c(cccc3C23CCCCC3)-c2cc3ccc4c5c(cc6ccc1c2c6c35)-c1cccc2c1B4c1ccccc1C21CCCCC1. The van der Waals surface area contributed by atoms with Crippen LogP contribution in [0.4, 0.5) is 0 Å². The molecule has 1 atom stereocenters. The van der Waals surface area contributed by atoms with E-state index >= 15 is 0 Å². The summed E-state index contributed by atoms with van der Waals surface area (Å²) in [5, 5.41) is 12.0. The number of hydrogen-bond donors (Lipinski definition) is 1. The van der Waals surface area contributed by atoms with Crippen LogP contribution in [0.1, 0.15) is 126 Å². The van der Waals surface area contributed by atoms with Gasteiger partial charge in [0.1, 0.15) is 0 Å². The van der Waals surface area contributed by atoms with E-state index in [4.69, 9.17) is 0 Å². The molecule has 2 saturated carbocycles. The van der Waals surface area contributed by atoms with E-state index in [0.717, 1.165) is 6.54 Å². The summed E-state index contributed by atoms with van der Waals surface area (Å²) in [5.41, 5.74) is 22.4. The van der Waals surface area contributed by atoms with Gasteiger partial charge in [0, 0.05) is 10.8 Å². The van der Waals surface area contributed by atoms with Gasteiger partial charge in [-0.3, -0.25) is 0 Å². The molecule has 66 heavy (non-hydrogen) atoms. The van der Waals surface area contributed by atoms with Gasteiger partial charge in [-0.1, -0.05) is 213 Å². The van der Waals surface area contributed by atoms with Crippen molar-refractivity contribution in [1.82, 2.24) is 5.32 Å². The monoisotopic (exact) mass is 856 g/mol. The highest BCUT2D eigenvalue weighted by Crippen LogP contribution is 2.52. The van der Waals surface area contributed by atoms with Crippen molar-refractivity contribution < 1.29 is 0 Å². The first-order chi connectivity index (χ1) is 32.4. The normalized spacial score (nSPS) is 18.5. The first-order valence-corrected chi connectivity index (χ1v) is 26.0. The van der Waals surface area contributed by atoms with E-state index in [1.807, 2.05) is 7.05 Å². The average molecular weight is 856 g/mol. The Bertz CT molecular complexity index is 3070. The molecule has 2 spiro atoms. The Kier molecular flexibility index (Phi) is 9.49. The van der Waals surface area contributed by atoms with Crippen molar-refractivity contribution in [2.24, 2.45) is 5.41 Å². The molecule has 0 amide bonds. The average Bonchev–Trinajstić information content (AvgIpc) is 3.38. The second-order valence-electron chi connectivity index (χ2n) is 21.8. The van der Waals surface area contributed by atoms with E-state index in [-0.39, 0.29) is 24.3 Å². The quantitative estimate of drug-likeness (QED) is 0.0998. The molecule has 4 heterocycles. The van der Waals surface area contributed by atoms with Crippen molar-refractivity contribution in [2.75, 3.05) is 13.6 Å². The fourth-order valence-electron chi connectivity index (χ4n) is 15.3. The smallest absolute Gasteiger partial charge is 0.243 e. The predicted molar refractivity (Wildman–Crippen MR) is 287 cm³/mol. The number of benzene rings is 8. The van der Waals surface area contributed by atoms with Gasteiger partial charge in [0.25, 0.3) is 0 Å². The molecule has 3 heteroatoms. The summed E-state index contributed by atoms with van der Waals surface area (Å²) in [6, 6.07) is 49.3. The van der Waals surface area contributed by atoms with Crippen molar-refractivity contribution in [1.29, 1.82) is 0 Å². The molecule has 1 unspecified atom stereocenters. The zero-order valence-corrected chi connectivity index (χ0v) is 39.8. The van der Waals surface area contributed by atoms with Crippen LogP contribution in [-0.2, 0) is 10.8 Å². The molecule has 0 radical (unpaired) electrons. The number of allylic oxidation sites excluding steroid dienone is 2. The fraction of sp³-hybridized carbons (Fsp3) is 0.333. The highest BCUT2D eigenvalue weighted by molar-refractivity contribution is 7.00. The summed E-state index contributed by atoms with van der Waals surface area (Å²) in [5.74, 6) is 0. The first-order valence-electron chi connectivity index (χ1n) is 26.0. The van der Waals surface area contributed by atoms with Crippen LogP contribution < -0.4 is 38.1 Å². The molecule has 4 aliphatic heterocycles. The van der Waals surface area contributed by atoms with E-state index in [9.17, 15) is 0 Å². The maximum atomic E-state index is 3.21. The largest absolute Gasteiger partial charge is 0.320 e. The molecular weight excluding hydrogens is 792 g/mol. The van der Waals surface area contributed by atoms with Gasteiger partial charge in [-0.15, -0.1) is 0 Å². The van der Waals surface area contributed by atoms with Gasteiger partial charge < -0.3 is 5.32 Å². The maximum absolute atomic E-state index is 3.21. The van der Waals surface area contributed by atoms with E-state index in [1.54, 1.807) is 44.1 Å². The van der Waals surface area contributed by atoms with Gasteiger partial charge in [-0.05, 0) is 153 Å². The van der Waals surface area contributed by atoms with E-state index in [0.29, 0.717) is 5.41 Å². The second-order valence-corrected chi connectivity index (χ2v) is 21.8. The molecular formula is C63H63B2N. The zero-order chi connectivity index (χ0) is 44.4. The Morgan fingerprint density at radius 1 is 0.530 bits per heavy atom. The van der Waals surface area contributed by atoms with Crippen LogP contribution in [0.3, 0.4) is 0 Å². The fourth-order valence-corrected chi connectivity index (χ4v) is 15.3. The number of fused-ring (bicyclic) bond motifs is 12. The number of hydrogen-bond acceptors (Lipinski definition) is 1. The van der Waals surface area contributed by atoms with Gasteiger partial charge in [0.2, 0.25) is 13.4 Å². The van der Waals surface area contributed by atoms with Crippen LogP contribution in [-0.4, -0.2) is 27.0 Å². The van der Waals surface area contributed by atoms with Crippen LogP contribution >= 0.6 is 0 Å².